The second kappa shape index (κ2) is 5.08. The standard InChI is InChI=1S/C14H15N3O4/c18-12-8-16(6-5-15-12)14(21)17-10-4-2-1-3-9(10)7-11(17)13(19)20/h1-4,11H,5-8H2,(H,15,18)(H,19,20)/t11-/m0/s1. The minimum Gasteiger partial charge on any atom is -0.480 e. The molecule has 2 heterocycles. The Morgan fingerprint density at radius 2 is 2.05 bits per heavy atom. The zero-order chi connectivity index (χ0) is 15.0. The molecular formula is C14H15N3O4. The van der Waals surface area contributed by atoms with E-state index in [1.165, 1.54) is 9.80 Å². The lowest BCUT2D eigenvalue weighted by molar-refractivity contribution is -0.138. The van der Waals surface area contributed by atoms with E-state index < -0.39 is 18.0 Å². The maximum Gasteiger partial charge on any atom is 0.327 e. The number of carbonyl (C=O) groups excluding carboxylic acids is 2. The van der Waals surface area contributed by atoms with Crippen LogP contribution >= 0.6 is 0 Å². The van der Waals surface area contributed by atoms with Crippen molar-refractivity contribution >= 4 is 23.6 Å². The van der Waals surface area contributed by atoms with E-state index in [0.29, 0.717) is 18.8 Å². The summed E-state index contributed by atoms with van der Waals surface area (Å²) in [6.45, 7) is 0.733. The largest absolute Gasteiger partial charge is 0.480 e. The number of rotatable bonds is 1. The van der Waals surface area contributed by atoms with Crippen molar-refractivity contribution in [1.82, 2.24) is 10.2 Å². The van der Waals surface area contributed by atoms with E-state index >= 15 is 0 Å². The van der Waals surface area contributed by atoms with E-state index in [1.807, 2.05) is 12.1 Å². The molecule has 0 saturated carbocycles. The van der Waals surface area contributed by atoms with E-state index in [0.717, 1.165) is 5.56 Å². The number of carboxylic acid groups (broad SMARTS) is 1. The summed E-state index contributed by atoms with van der Waals surface area (Å²) in [5.74, 6) is -1.27. The summed E-state index contributed by atoms with van der Waals surface area (Å²) >= 11 is 0. The van der Waals surface area contributed by atoms with Gasteiger partial charge in [-0.05, 0) is 11.6 Å². The Morgan fingerprint density at radius 3 is 2.76 bits per heavy atom. The van der Waals surface area contributed by atoms with Crippen LogP contribution < -0.4 is 10.2 Å². The quantitative estimate of drug-likeness (QED) is 0.764. The van der Waals surface area contributed by atoms with Crippen LogP contribution in [0, 0.1) is 0 Å². The molecule has 3 amide bonds. The summed E-state index contributed by atoms with van der Waals surface area (Å²) in [5.41, 5.74) is 1.44. The molecule has 2 N–H and O–H groups in total. The minimum absolute atomic E-state index is 0.0379. The summed E-state index contributed by atoms with van der Waals surface area (Å²) in [6, 6.07) is 5.80. The number of anilines is 1. The molecule has 1 atom stereocenters. The first kappa shape index (κ1) is 13.4. The van der Waals surface area contributed by atoms with Gasteiger partial charge in [-0.3, -0.25) is 9.69 Å². The molecule has 21 heavy (non-hydrogen) atoms. The molecule has 0 unspecified atom stereocenters. The van der Waals surface area contributed by atoms with Gasteiger partial charge in [0.2, 0.25) is 5.91 Å². The molecule has 1 saturated heterocycles. The topological polar surface area (TPSA) is 90.0 Å². The summed E-state index contributed by atoms with van der Waals surface area (Å²) in [7, 11) is 0. The Labute approximate surface area is 121 Å². The highest BCUT2D eigenvalue weighted by Crippen LogP contribution is 2.33. The fourth-order valence-electron chi connectivity index (χ4n) is 2.77. The number of nitrogens with zero attached hydrogens (tertiary/aromatic N) is 2. The van der Waals surface area contributed by atoms with Gasteiger partial charge in [0, 0.05) is 25.2 Å². The number of fused-ring (bicyclic) bond motifs is 1. The first-order chi connectivity index (χ1) is 10.1. The van der Waals surface area contributed by atoms with Gasteiger partial charge >= 0.3 is 12.0 Å². The molecule has 0 aromatic heterocycles. The molecule has 2 aliphatic rings. The Balaban J connectivity index is 1.92. The van der Waals surface area contributed by atoms with Crippen molar-refractivity contribution in [3.05, 3.63) is 29.8 Å². The molecule has 2 aliphatic heterocycles. The number of piperazine rings is 1. The molecule has 3 rings (SSSR count). The van der Waals surface area contributed by atoms with Crippen molar-refractivity contribution in [3.8, 4) is 0 Å². The van der Waals surface area contributed by atoms with Gasteiger partial charge in [-0.1, -0.05) is 18.2 Å². The van der Waals surface area contributed by atoms with Gasteiger partial charge in [0.25, 0.3) is 0 Å². The van der Waals surface area contributed by atoms with Crippen LogP contribution in [-0.4, -0.2) is 53.6 Å². The molecule has 1 fully saturated rings. The number of carboxylic acids is 1. The predicted molar refractivity (Wildman–Crippen MR) is 74.0 cm³/mol. The van der Waals surface area contributed by atoms with Crippen LogP contribution in [0.5, 0.6) is 0 Å². The van der Waals surface area contributed by atoms with Crippen LogP contribution in [0.4, 0.5) is 10.5 Å². The normalized spacial score (nSPS) is 21.0. The maximum atomic E-state index is 12.6. The van der Waals surface area contributed by atoms with Crippen molar-refractivity contribution in [1.29, 1.82) is 0 Å². The molecule has 0 spiro atoms. The van der Waals surface area contributed by atoms with Gasteiger partial charge in [0.15, 0.2) is 0 Å². The SMILES string of the molecule is O=C1CN(C(=O)N2c3ccccc3C[C@H]2C(=O)O)CCN1. The van der Waals surface area contributed by atoms with E-state index in [4.69, 9.17) is 0 Å². The Morgan fingerprint density at radius 1 is 1.29 bits per heavy atom. The smallest absolute Gasteiger partial charge is 0.327 e. The first-order valence-electron chi connectivity index (χ1n) is 6.73. The summed E-state index contributed by atoms with van der Waals surface area (Å²) in [6.07, 6.45) is 0.289. The number of urea groups is 1. The van der Waals surface area contributed by atoms with Crippen molar-refractivity contribution in [2.24, 2.45) is 0 Å². The molecule has 0 bridgehead atoms. The minimum atomic E-state index is -1.04. The number of nitrogens with one attached hydrogen (secondary N) is 1. The highest BCUT2D eigenvalue weighted by molar-refractivity contribution is 6.02. The van der Waals surface area contributed by atoms with Gasteiger partial charge in [0.1, 0.15) is 12.6 Å². The average molecular weight is 289 g/mol. The fraction of sp³-hybridized carbons (Fsp3) is 0.357. The molecule has 0 radical (unpaired) electrons. The Hall–Kier alpha value is -2.57. The maximum absolute atomic E-state index is 12.6. The van der Waals surface area contributed by atoms with Crippen LogP contribution in [0.1, 0.15) is 5.56 Å². The van der Waals surface area contributed by atoms with E-state index in [9.17, 15) is 19.5 Å². The second-order valence-corrected chi connectivity index (χ2v) is 5.11. The number of carbonyl (C=O) groups is 3. The van der Waals surface area contributed by atoms with Crippen molar-refractivity contribution in [3.63, 3.8) is 0 Å². The molecular weight excluding hydrogens is 274 g/mol. The summed E-state index contributed by atoms with van der Waals surface area (Å²) < 4.78 is 0. The van der Waals surface area contributed by atoms with E-state index in [2.05, 4.69) is 5.32 Å². The second-order valence-electron chi connectivity index (χ2n) is 5.11. The highest BCUT2D eigenvalue weighted by Gasteiger charge is 2.40. The van der Waals surface area contributed by atoms with Crippen molar-refractivity contribution in [2.75, 3.05) is 24.5 Å². The third-order valence-electron chi connectivity index (χ3n) is 3.78. The zero-order valence-corrected chi connectivity index (χ0v) is 11.3. The Bertz CT molecular complexity index is 616. The van der Waals surface area contributed by atoms with Crippen LogP contribution in [0.15, 0.2) is 24.3 Å². The number of para-hydroxylation sites is 1. The van der Waals surface area contributed by atoms with Crippen LogP contribution in [0.25, 0.3) is 0 Å². The number of hydrogen-bond acceptors (Lipinski definition) is 3. The molecule has 7 nitrogen and oxygen atoms in total. The van der Waals surface area contributed by atoms with Gasteiger partial charge < -0.3 is 15.3 Å². The third kappa shape index (κ3) is 2.31. The van der Waals surface area contributed by atoms with Gasteiger partial charge in [-0.15, -0.1) is 0 Å². The number of aliphatic carboxylic acids is 1. The van der Waals surface area contributed by atoms with Crippen LogP contribution in [-0.2, 0) is 16.0 Å². The van der Waals surface area contributed by atoms with Gasteiger partial charge in [0.05, 0.1) is 0 Å². The first-order valence-corrected chi connectivity index (χ1v) is 6.73. The molecule has 1 aromatic rings. The van der Waals surface area contributed by atoms with Crippen LogP contribution in [0.3, 0.4) is 0 Å². The number of amides is 3. The molecule has 110 valence electrons. The molecule has 1 aromatic carbocycles. The summed E-state index contributed by atoms with van der Waals surface area (Å²) in [5, 5.41) is 12.0. The lowest BCUT2D eigenvalue weighted by Gasteiger charge is -2.32. The van der Waals surface area contributed by atoms with Gasteiger partial charge in [-0.2, -0.15) is 0 Å². The van der Waals surface area contributed by atoms with Crippen molar-refractivity contribution < 1.29 is 19.5 Å². The van der Waals surface area contributed by atoms with E-state index in [-0.39, 0.29) is 18.9 Å². The highest BCUT2D eigenvalue weighted by atomic mass is 16.4. The number of hydrogen-bond donors (Lipinski definition) is 2. The number of benzene rings is 1. The van der Waals surface area contributed by atoms with Gasteiger partial charge in [-0.25, -0.2) is 9.59 Å². The Kier molecular flexibility index (Phi) is 3.25. The zero-order valence-electron chi connectivity index (χ0n) is 11.3. The average Bonchev–Trinajstić information content (AvgIpc) is 2.86. The van der Waals surface area contributed by atoms with Crippen LogP contribution in [0.2, 0.25) is 0 Å². The lowest BCUT2D eigenvalue weighted by atomic mass is 10.1. The molecule has 0 aliphatic carbocycles. The van der Waals surface area contributed by atoms with Crippen molar-refractivity contribution in [2.45, 2.75) is 12.5 Å². The summed E-state index contributed by atoms with van der Waals surface area (Å²) in [4.78, 5) is 38.2. The van der Waals surface area contributed by atoms with E-state index in [1.54, 1.807) is 12.1 Å². The molecule has 7 heteroatoms. The predicted octanol–water partition coefficient (Wildman–Crippen LogP) is 0.0541. The lowest BCUT2D eigenvalue weighted by Crippen LogP contribution is -2.56. The monoisotopic (exact) mass is 289 g/mol. The third-order valence-corrected chi connectivity index (χ3v) is 3.78. The fourth-order valence-corrected chi connectivity index (χ4v) is 2.77.